The van der Waals surface area contributed by atoms with Crippen LogP contribution in [0.2, 0.25) is 0 Å². The largest absolute Gasteiger partial charge is 0.512 e. The molecular formula is C12H14NO+. The SMILES string of the molecule is CC1=C(C)[n+]2ccccc2/C1=C(/C)O. The lowest BCUT2D eigenvalue weighted by Crippen LogP contribution is -2.31. The number of aromatic nitrogens is 1. The number of nitrogens with zero attached hydrogens (tertiary/aromatic N) is 1. The third kappa shape index (κ3) is 1.07. The maximum atomic E-state index is 9.62. The Morgan fingerprint density at radius 1 is 1.29 bits per heavy atom. The van der Waals surface area contributed by atoms with Crippen molar-refractivity contribution in [3.8, 4) is 0 Å². The number of allylic oxidation sites excluding steroid dienone is 4. The zero-order valence-corrected chi connectivity index (χ0v) is 8.70. The monoisotopic (exact) mass is 188 g/mol. The molecule has 1 aliphatic heterocycles. The van der Waals surface area contributed by atoms with Gasteiger partial charge in [0.05, 0.1) is 5.57 Å². The van der Waals surface area contributed by atoms with Gasteiger partial charge in [-0.1, -0.05) is 0 Å². The van der Waals surface area contributed by atoms with Gasteiger partial charge in [0.15, 0.2) is 11.9 Å². The summed E-state index contributed by atoms with van der Waals surface area (Å²) in [7, 11) is 0. The van der Waals surface area contributed by atoms with Crippen molar-refractivity contribution in [3.63, 3.8) is 0 Å². The van der Waals surface area contributed by atoms with Crippen LogP contribution in [-0.4, -0.2) is 5.11 Å². The number of fused-ring (bicyclic) bond motifs is 1. The van der Waals surface area contributed by atoms with E-state index >= 15 is 0 Å². The highest BCUT2D eigenvalue weighted by Gasteiger charge is 2.30. The Balaban J connectivity index is 2.77. The quantitative estimate of drug-likeness (QED) is 0.491. The summed E-state index contributed by atoms with van der Waals surface area (Å²) in [6.45, 7) is 5.83. The summed E-state index contributed by atoms with van der Waals surface area (Å²) >= 11 is 0. The first-order chi connectivity index (χ1) is 6.63. The molecule has 0 radical (unpaired) electrons. The Kier molecular flexibility index (Phi) is 1.92. The van der Waals surface area contributed by atoms with Gasteiger partial charge in [0.2, 0.25) is 5.69 Å². The van der Waals surface area contributed by atoms with Crippen LogP contribution in [0.15, 0.2) is 35.7 Å². The number of rotatable bonds is 0. The molecular weight excluding hydrogens is 174 g/mol. The average molecular weight is 188 g/mol. The molecule has 0 aliphatic carbocycles. The number of hydrogen-bond acceptors (Lipinski definition) is 1. The van der Waals surface area contributed by atoms with Gasteiger partial charge in [-0.2, -0.15) is 4.57 Å². The predicted octanol–water partition coefficient (Wildman–Crippen LogP) is 2.53. The van der Waals surface area contributed by atoms with Gasteiger partial charge in [0.1, 0.15) is 5.76 Å². The minimum atomic E-state index is 0.388. The van der Waals surface area contributed by atoms with E-state index < -0.39 is 0 Å². The first-order valence-electron chi connectivity index (χ1n) is 4.72. The fraction of sp³-hybridized carbons (Fsp3) is 0.250. The van der Waals surface area contributed by atoms with E-state index in [9.17, 15) is 5.11 Å². The van der Waals surface area contributed by atoms with Crippen molar-refractivity contribution in [1.82, 2.24) is 0 Å². The zero-order valence-electron chi connectivity index (χ0n) is 8.70. The fourth-order valence-corrected chi connectivity index (χ4v) is 1.95. The topological polar surface area (TPSA) is 24.1 Å². The molecule has 0 atom stereocenters. The summed E-state index contributed by atoms with van der Waals surface area (Å²) in [5.41, 5.74) is 4.37. The summed E-state index contributed by atoms with van der Waals surface area (Å²) in [5.74, 6) is 0.388. The summed E-state index contributed by atoms with van der Waals surface area (Å²) in [6.07, 6.45) is 2.02. The predicted molar refractivity (Wildman–Crippen MR) is 56.4 cm³/mol. The standard InChI is InChI=1S/C12H13NO/c1-8-9(2)13-7-5-4-6-11(13)12(8)10(3)14/h4-7H,1-3H3/p+1. The minimum absolute atomic E-state index is 0.388. The van der Waals surface area contributed by atoms with Gasteiger partial charge < -0.3 is 5.11 Å². The lowest BCUT2D eigenvalue weighted by atomic mass is 10.1. The van der Waals surface area contributed by atoms with Crippen LogP contribution in [-0.2, 0) is 0 Å². The third-order valence-corrected chi connectivity index (χ3v) is 2.76. The molecule has 0 unspecified atom stereocenters. The van der Waals surface area contributed by atoms with E-state index in [1.807, 2.05) is 31.3 Å². The fourth-order valence-electron chi connectivity index (χ4n) is 1.95. The molecule has 0 saturated carbocycles. The van der Waals surface area contributed by atoms with Crippen LogP contribution in [0.1, 0.15) is 26.5 Å². The van der Waals surface area contributed by atoms with E-state index in [0.29, 0.717) is 5.76 Å². The maximum Gasteiger partial charge on any atom is 0.221 e. The van der Waals surface area contributed by atoms with Gasteiger partial charge in [-0.15, -0.1) is 0 Å². The van der Waals surface area contributed by atoms with Gasteiger partial charge in [0.25, 0.3) is 0 Å². The summed E-state index contributed by atoms with van der Waals surface area (Å²) in [5, 5.41) is 9.62. The first kappa shape index (κ1) is 9.00. The highest BCUT2D eigenvalue weighted by molar-refractivity contribution is 5.84. The van der Waals surface area contributed by atoms with Crippen molar-refractivity contribution in [1.29, 1.82) is 0 Å². The van der Waals surface area contributed by atoms with Gasteiger partial charge in [-0.3, -0.25) is 0 Å². The van der Waals surface area contributed by atoms with E-state index in [0.717, 1.165) is 16.8 Å². The van der Waals surface area contributed by atoms with Crippen LogP contribution in [0.4, 0.5) is 0 Å². The van der Waals surface area contributed by atoms with Crippen LogP contribution >= 0.6 is 0 Å². The normalized spacial score (nSPS) is 18.5. The smallest absolute Gasteiger partial charge is 0.221 e. The van der Waals surface area contributed by atoms with Crippen molar-refractivity contribution in [2.24, 2.45) is 0 Å². The second kappa shape index (κ2) is 2.98. The molecule has 1 aliphatic rings. The molecule has 0 saturated heterocycles. The molecule has 0 aromatic carbocycles. The average Bonchev–Trinajstić information content (AvgIpc) is 2.41. The van der Waals surface area contributed by atoms with E-state index in [-0.39, 0.29) is 0 Å². The molecule has 2 heterocycles. The van der Waals surface area contributed by atoms with E-state index in [2.05, 4.69) is 11.5 Å². The van der Waals surface area contributed by atoms with Gasteiger partial charge in [-0.25, -0.2) is 0 Å². The Hall–Kier alpha value is -1.57. The lowest BCUT2D eigenvalue weighted by Gasteiger charge is -1.97. The van der Waals surface area contributed by atoms with Crippen LogP contribution in [0, 0.1) is 0 Å². The van der Waals surface area contributed by atoms with Crippen molar-refractivity contribution < 1.29 is 9.67 Å². The van der Waals surface area contributed by atoms with E-state index in [1.165, 1.54) is 5.70 Å². The Morgan fingerprint density at radius 2 is 2.00 bits per heavy atom. The molecule has 2 heteroatoms. The molecule has 1 N–H and O–H groups in total. The van der Waals surface area contributed by atoms with Crippen molar-refractivity contribution >= 4 is 11.3 Å². The molecule has 14 heavy (non-hydrogen) atoms. The van der Waals surface area contributed by atoms with Gasteiger partial charge >= 0.3 is 0 Å². The number of aliphatic hydroxyl groups is 1. The molecule has 1 aromatic rings. The maximum absolute atomic E-state index is 9.62. The summed E-state index contributed by atoms with van der Waals surface area (Å²) in [6, 6.07) is 6.01. The highest BCUT2D eigenvalue weighted by Crippen LogP contribution is 2.30. The molecule has 1 aromatic heterocycles. The zero-order chi connectivity index (χ0) is 10.3. The van der Waals surface area contributed by atoms with Crippen molar-refractivity contribution in [2.45, 2.75) is 20.8 Å². The highest BCUT2D eigenvalue weighted by atomic mass is 16.3. The molecule has 0 amide bonds. The Morgan fingerprint density at radius 3 is 2.64 bits per heavy atom. The van der Waals surface area contributed by atoms with Gasteiger partial charge in [0, 0.05) is 24.6 Å². The van der Waals surface area contributed by atoms with Crippen LogP contribution in [0.25, 0.3) is 11.3 Å². The number of hydrogen-bond donors (Lipinski definition) is 1. The van der Waals surface area contributed by atoms with Crippen LogP contribution in [0.5, 0.6) is 0 Å². The molecule has 2 rings (SSSR count). The summed E-state index contributed by atoms with van der Waals surface area (Å²) in [4.78, 5) is 0. The Bertz CT molecular complexity index is 451. The molecule has 0 spiro atoms. The first-order valence-corrected chi connectivity index (χ1v) is 4.72. The van der Waals surface area contributed by atoms with E-state index in [4.69, 9.17) is 0 Å². The molecule has 72 valence electrons. The second-order valence-electron chi connectivity index (χ2n) is 3.63. The van der Waals surface area contributed by atoms with E-state index in [1.54, 1.807) is 6.92 Å². The number of pyridine rings is 1. The van der Waals surface area contributed by atoms with Crippen LogP contribution < -0.4 is 4.57 Å². The second-order valence-corrected chi connectivity index (χ2v) is 3.63. The molecule has 0 fully saturated rings. The number of aliphatic hydroxyl groups excluding tert-OH is 1. The van der Waals surface area contributed by atoms with Crippen LogP contribution in [0.3, 0.4) is 0 Å². The lowest BCUT2D eigenvalue weighted by molar-refractivity contribution is -0.581. The Labute approximate surface area is 83.8 Å². The minimum Gasteiger partial charge on any atom is -0.512 e. The molecule has 2 nitrogen and oxygen atoms in total. The van der Waals surface area contributed by atoms with Crippen molar-refractivity contribution in [3.05, 3.63) is 41.4 Å². The summed E-state index contributed by atoms with van der Waals surface area (Å²) < 4.78 is 2.10. The van der Waals surface area contributed by atoms with Crippen molar-refractivity contribution in [2.75, 3.05) is 0 Å². The third-order valence-electron chi connectivity index (χ3n) is 2.76. The van der Waals surface area contributed by atoms with Gasteiger partial charge in [-0.05, 0) is 19.9 Å². The molecule has 0 bridgehead atoms.